The van der Waals surface area contributed by atoms with Crippen LogP contribution in [0.5, 0.6) is 0 Å². The first-order valence-electron chi connectivity index (χ1n) is 6.02. The number of carbonyl (C=O) groups is 1. The highest BCUT2D eigenvalue weighted by Gasteiger charge is 2.05. The Bertz CT molecular complexity index is 546. The number of hydrazine groups is 1. The highest BCUT2D eigenvalue weighted by atomic mass is 16.1. The second-order valence-electron chi connectivity index (χ2n) is 4.18. The Morgan fingerprint density at radius 1 is 1.37 bits per heavy atom. The predicted molar refractivity (Wildman–Crippen MR) is 73.5 cm³/mol. The Morgan fingerprint density at radius 3 is 2.68 bits per heavy atom. The number of nitrogens with zero attached hydrogens (tertiary/aromatic N) is 2. The summed E-state index contributed by atoms with van der Waals surface area (Å²) in [5.41, 5.74) is 3.90. The molecule has 1 aromatic carbocycles. The third-order valence-electron chi connectivity index (χ3n) is 2.87. The van der Waals surface area contributed by atoms with E-state index in [2.05, 4.69) is 15.7 Å². The van der Waals surface area contributed by atoms with Crippen LogP contribution in [-0.4, -0.2) is 22.0 Å². The van der Waals surface area contributed by atoms with Gasteiger partial charge in [0.2, 0.25) is 0 Å². The second kappa shape index (κ2) is 6.01. The summed E-state index contributed by atoms with van der Waals surface area (Å²) in [5, 5.41) is 2.86. The monoisotopic (exact) mass is 259 g/mol. The van der Waals surface area contributed by atoms with Crippen LogP contribution >= 0.6 is 0 Å². The van der Waals surface area contributed by atoms with Crippen LogP contribution in [0.1, 0.15) is 16.2 Å². The Labute approximate surface area is 111 Å². The molecule has 100 valence electrons. The standard InChI is InChI=1S/C13H17N5O/c1-18-9-8-15-12(18)6-7-16-13(19)10-2-4-11(17-14)5-3-10/h2-5,8-9,17H,6-7,14H2,1H3,(H,16,19). The largest absolute Gasteiger partial charge is 0.352 e. The fourth-order valence-corrected chi connectivity index (χ4v) is 1.75. The molecule has 0 spiro atoms. The van der Waals surface area contributed by atoms with Crippen molar-refractivity contribution >= 4 is 11.6 Å². The molecule has 4 N–H and O–H groups in total. The smallest absolute Gasteiger partial charge is 0.251 e. The van der Waals surface area contributed by atoms with E-state index in [0.717, 1.165) is 11.5 Å². The first-order valence-corrected chi connectivity index (χ1v) is 6.02. The van der Waals surface area contributed by atoms with Crippen LogP contribution in [-0.2, 0) is 13.5 Å². The molecule has 0 aliphatic carbocycles. The van der Waals surface area contributed by atoms with Gasteiger partial charge in [0.1, 0.15) is 5.82 Å². The van der Waals surface area contributed by atoms with E-state index in [-0.39, 0.29) is 5.91 Å². The molecular formula is C13H17N5O. The topological polar surface area (TPSA) is 85.0 Å². The molecule has 0 saturated heterocycles. The zero-order chi connectivity index (χ0) is 13.7. The molecule has 0 saturated carbocycles. The molecule has 0 aliphatic heterocycles. The summed E-state index contributed by atoms with van der Waals surface area (Å²) in [7, 11) is 1.93. The maximum absolute atomic E-state index is 11.9. The van der Waals surface area contributed by atoms with Crippen molar-refractivity contribution in [1.29, 1.82) is 0 Å². The van der Waals surface area contributed by atoms with Crippen LogP contribution in [0.25, 0.3) is 0 Å². The van der Waals surface area contributed by atoms with Crippen molar-refractivity contribution in [1.82, 2.24) is 14.9 Å². The number of hydrogen-bond donors (Lipinski definition) is 3. The average Bonchev–Trinajstić information content (AvgIpc) is 2.84. The van der Waals surface area contributed by atoms with Gasteiger partial charge in [0.05, 0.1) is 0 Å². The summed E-state index contributed by atoms with van der Waals surface area (Å²) in [6.45, 7) is 0.556. The SMILES string of the molecule is Cn1ccnc1CCNC(=O)c1ccc(NN)cc1. The maximum atomic E-state index is 11.9. The van der Waals surface area contributed by atoms with Crippen molar-refractivity contribution in [3.8, 4) is 0 Å². The van der Waals surface area contributed by atoms with E-state index < -0.39 is 0 Å². The molecule has 1 heterocycles. The van der Waals surface area contributed by atoms with Crippen LogP contribution in [0.4, 0.5) is 5.69 Å². The highest BCUT2D eigenvalue weighted by Crippen LogP contribution is 2.07. The summed E-state index contributed by atoms with van der Waals surface area (Å²) in [6.07, 6.45) is 4.34. The molecular weight excluding hydrogens is 242 g/mol. The minimum absolute atomic E-state index is 0.0993. The van der Waals surface area contributed by atoms with E-state index in [0.29, 0.717) is 18.5 Å². The number of carbonyl (C=O) groups excluding carboxylic acids is 1. The minimum Gasteiger partial charge on any atom is -0.352 e. The molecule has 0 atom stereocenters. The van der Waals surface area contributed by atoms with Crippen molar-refractivity contribution in [3.63, 3.8) is 0 Å². The van der Waals surface area contributed by atoms with E-state index in [9.17, 15) is 4.79 Å². The summed E-state index contributed by atoms with van der Waals surface area (Å²) in [6, 6.07) is 6.97. The van der Waals surface area contributed by atoms with Gasteiger partial charge >= 0.3 is 0 Å². The molecule has 19 heavy (non-hydrogen) atoms. The lowest BCUT2D eigenvalue weighted by Gasteiger charge is -2.06. The van der Waals surface area contributed by atoms with Gasteiger partial charge in [-0.3, -0.25) is 10.6 Å². The molecule has 1 aromatic heterocycles. The van der Waals surface area contributed by atoms with Crippen LogP contribution < -0.4 is 16.6 Å². The zero-order valence-electron chi connectivity index (χ0n) is 10.8. The number of aryl methyl sites for hydroxylation is 1. The minimum atomic E-state index is -0.0993. The lowest BCUT2D eigenvalue weighted by Crippen LogP contribution is -2.26. The number of rotatable bonds is 5. The van der Waals surface area contributed by atoms with Crippen molar-refractivity contribution < 1.29 is 4.79 Å². The first-order chi connectivity index (χ1) is 9.20. The number of anilines is 1. The number of nitrogens with one attached hydrogen (secondary N) is 2. The number of benzene rings is 1. The van der Waals surface area contributed by atoms with Crippen molar-refractivity contribution in [2.24, 2.45) is 12.9 Å². The van der Waals surface area contributed by atoms with E-state index in [1.165, 1.54) is 0 Å². The predicted octanol–water partition coefficient (Wildman–Crippen LogP) is 0.678. The van der Waals surface area contributed by atoms with Crippen molar-refractivity contribution in [2.75, 3.05) is 12.0 Å². The number of nitrogens with two attached hydrogens (primary N) is 1. The van der Waals surface area contributed by atoms with Gasteiger partial charge in [-0.25, -0.2) is 4.98 Å². The van der Waals surface area contributed by atoms with Gasteiger partial charge in [0.15, 0.2) is 0 Å². The molecule has 1 amide bonds. The number of imidazole rings is 1. The molecule has 6 heteroatoms. The Morgan fingerprint density at radius 2 is 2.11 bits per heavy atom. The number of nitrogen functional groups attached to an aromatic ring is 1. The average molecular weight is 259 g/mol. The summed E-state index contributed by atoms with van der Waals surface area (Å²) >= 11 is 0. The van der Waals surface area contributed by atoms with Gasteiger partial charge in [-0.15, -0.1) is 0 Å². The fraction of sp³-hybridized carbons (Fsp3) is 0.231. The molecule has 0 aliphatic rings. The molecule has 0 fully saturated rings. The van der Waals surface area contributed by atoms with Gasteiger partial charge < -0.3 is 15.3 Å². The number of aromatic nitrogens is 2. The fourth-order valence-electron chi connectivity index (χ4n) is 1.75. The third-order valence-corrected chi connectivity index (χ3v) is 2.87. The van der Waals surface area contributed by atoms with E-state index >= 15 is 0 Å². The Balaban J connectivity index is 1.85. The third kappa shape index (κ3) is 3.32. The highest BCUT2D eigenvalue weighted by molar-refractivity contribution is 5.94. The number of amides is 1. The van der Waals surface area contributed by atoms with Crippen LogP contribution in [0, 0.1) is 0 Å². The normalized spacial score (nSPS) is 10.2. The summed E-state index contributed by atoms with van der Waals surface area (Å²) in [5.74, 6) is 6.11. The van der Waals surface area contributed by atoms with Gasteiger partial charge in [-0.05, 0) is 24.3 Å². The second-order valence-corrected chi connectivity index (χ2v) is 4.18. The summed E-state index contributed by atoms with van der Waals surface area (Å²) < 4.78 is 1.94. The van der Waals surface area contributed by atoms with Crippen molar-refractivity contribution in [3.05, 3.63) is 48.0 Å². The Hall–Kier alpha value is -2.34. The van der Waals surface area contributed by atoms with E-state index in [1.54, 1.807) is 30.5 Å². The number of hydrogen-bond acceptors (Lipinski definition) is 4. The van der Waals surface area contributed by atoms with Gasteiger partial charge in [-0.1, -0.05) is 0 Å². The molecule has 6 nitrogen and oxygen atoms in total. The lowest BCUT2D eigenvalue weighted by molar-refractivity contribution is 0.0954. The molecule has 0 unspecified atom stereocenters. The van der Waals surface area contributed by atoms with Gasteiger partial charge in [0.25, 0.3) is 5.91 Å². The zero-order valence-corrected chi connectivity index (χ0v) is 10.8. The van der Waals surface area contributed by atoms with Crippen LogP contribution in [0.15, 0.2) is 36.7 Å². The molecule has 2 aromatic rings. The van der Waals surface area contributed by atoms with Gasteiger partial charge in [-0.2, -0.15) is 0 Å². The molecule has 0 radical (unpaired) electrons. The Kier molecular flexibility index (Phi) is 4.15. The maximum Gasteiger partial charge on any atom is 0.251 e. The van der Waals surface area contributed by atoms with Crippen molar-refractivity contribution in [2.45, 2.75) is 6.42 Å². The van der Waals surface area contributed by atoms with E-state index in [4.69, 9.17) is 5.84 Å². The van der Waals surface area contributed by atoms with Crippen LogP contribution in [0.2, 0.25) is 0 Å². The first kappa shape index (κ1) is 13.1. The van der Waals surface area contributed by atoms with Crippen LogP contribution in [0.3, 0.4) is 0 Å². The molecule has 0 bridgehead atoms. The quantitative estimate of drug-likeness (QED) is 0.544. The lowest BCUT2D eigenvalue weighted by atomic mass is 10.2. The van der Waals surface area contributed by atoms with Gasteiger partial charge in [0, 0.05) is 43.7 Å². The molecule has 2 rings (SSSR count). The summed E-state index contributed by atoms with van der Waals surface area (Å²) in [4.78, 5) is 16.1. The van der Waals surface area contributed by atoms with E-state index in [1.807, 2.05) is 17.8 Å².